The largest absolute Gasteiger partial charge is 0.493 e. The summed E-state index contributed by atoms with van der Waals surface area (Å²) in [4.78, 5) is 29.9. The van der Waals surface area contributed by atoms with Crippen LogP contribution in [0.4, 0.5) is 15.9 Å². The maximum absolute atomic E-state index is 14.0. The van der Waals surface area contributed by atoms with Gasteiger partial charge in [-0.05, 0) is 61.5 Å². The lowest BCUT2D eigenvalue weighted by molar-refractivity contribution is 0.102. The van der Waals surface area contributed by atoms with Gasteiger partial charge in [0.25, 0.3) is 11.8 Å². The number of anilines is 2. The number of carbonyl (C=O) groups excluding carboxylic acids is 2. The molecule has 0 aliphatic heterocycles. The van der Waals surface area contributed by atoms with E-state index in [1.165, 1.54) is 49.5 Å². The Labute approximate surface area is 212 Å². The molecule has 4 N–H and O–H groups in total. The van der Waals surface area contributed by atoms with E-state index in [2.05, 4.69) is 15.6 Å². The Morgan fingerprint density at radius 3 is 2.44 bits per heavy atom. The van der Waals surface area contributed by atoms with Crippen LogP contribution in [0.1, 0.15) is 34.1 Å². The molecule has 36 heavy (non-hydrogen) atoms. The maximum Gasteiger partial charge on any atom is 0.259 e. The Kier molecular flexibility index (Phi) is 8.97. The molecule has 3 rings (SSSR count). The van der Waals surface area contributed by atoms with Crippen molar-refractivity contribution in [2.75, 3.05) is 29.5 Å². The highest BCUT2D eigenvalue weighted by atomic mass is 35.5. The molecule has 1 heterocycles. The van der Waals surface area contributed by atoms with Crippen molar-refractivity contribution in [3.63, 3.8) is 0 Å². The number of nitrogens with two attached hydrogens (primary N) is 1. The Balaban J connectivity index is 1.92. The average molecular weight is 535 g/mol. The molecule has 0 fully saturated rings. The van der Waals surface area contributed by atoms with Crippen molar-refractivity contribution in [2.45, 2.75) is 18.2 Å². The number of amides is 2. The zero-order valence-electron chi connectivity index (χ0n) is 19.3. The van der Waals surface area contributed by atoms with Crippen LogP contribution in [-0.2, 0) is 9.84 Å². The van der Waals surface area contributed by atoms with Gasteiger partial charge in [0.05, 0.1) is 39.1 Å². The topological polar surface area (TPSA) is 140 Å². The van der Waals surface area contributed by atoms with Crippen molar-refractivity contribution in [3.8, 4) is 5.75 Å². The number of pyridine rings is 1. The van der Waals surface area contributed by atoms with Gasteiger partial charge in [0.15, 0.2) is 9.84 Å². The molecule has 2 amide bonds. The first kappa shape index (κ1) is 27.1. The third-order valence-corrected chi connectivity index (χ3v) is 6.94. The third-order valence-electron chi connectivity index (χ3n) is 4.99. The summed E-state index contributed by atoms with van der Waals surface area (Å²) >= 11 is 5.80. The van der Waals surface area contributed by atoms with Crippen LogP contribution in [0.25, 0.3) is 0 Å². The van der Waals surface area contributed by atoms with E-state index in [1.54, 1.807) is 0 Å². The molecule has 9 nitrogen and oxygen atoms in total. The molecule has 0 spiro atoms. The van der Waals surface area contributed by atoms with Crippen LogP contribution in [0.2, 0.25) is 5.02 Å². The first-order chi connectivity index (χ1) is 17.1. The van der Waals surface area contributed by atoms with Crippen LogP contribution in [0.5, 0.6) is 5.75 Å². The third kappa shape index (κ3) is 6.78. The van der Waals surface area contributed by atoms with Gasteiger partial charge < -0.3 is 21.1 Å². The fourth-order valence-electron chi connectivity index (χ4n) is 3.08. The Hall–Kier alpha value is -3.54. The van der Waals surface area contributed by atoms with Crippen molar-refractivity contribution < 1.29 is 27.1 Å². The Morgan fingerprint density at radius 1 is 1.06 bits per heavy atom. The summed E-state index contributed by atoms with van der Waals surface area (Å²) < 4.78 is 44.3. The highest BCUT2D eigenvalue weighted by Crippen LogP contribution is 2.27. The van der Waals surface area contributed by atoms with Crippen molar-refractivity contribution in [1.29, 1.82) is 0 Å². The summed E-state index contributed by atoms with van der Waals surface area (Å²) in [5.41, 5.74) is 5.36. The number of carbonyl (C=O) groups is 2. The van der Waals surface area contributed by atoms with E-state index in [9.17, 15) is 22.4 Å². The second kappa shape index (κ2) is 11.9. The SMILES string of the molecule is CCS(=O)(=O)c1ccc(C(=O)Nc2cc(F)ccc2C(=O)Nc2ccc(Cl)cn2)c(OCCCN)c1. The van der Waals surface area contributed by atoms with Gasteiger partial charge in [-0.25, -0.2) is 17.8 Å². The summed E-state index contributed by atoms with van der Waals surface area (Å²) in [6.45, 7) is 1.98. The fraction of sp³-hybridized carbons (Fsp3) is 0.208. The lowest BCUT2D eigenvalue weighted by Gasteiger charge is -2.15. The van der Waals surface area contributed by atoms with E-state index >= 15 is 0 Å². The van der Waals surface area contributed by atoms with E-state index in [-0.39, 0.29) is 45.6 Å². The van der Waals surface area contributed by atoms with Gasteiger partial charge in [0.2, 0.25) is 0 Å². The molecule has 0 saturated carbocycles. The fourth-order valence-corrected chi connectivity index (χ4v) is 4.08. The molecule has 0 aliphatic carbocycles. The van der Waals surface area contributed by atoms with Gasteiger partial charge >= 0.3 is 0 Å². The number of hydrogen-bond acceptors (Lipinski definition) is 7. The number of rotatable bonds is 10. The number of halogens is 2. The van der Waals surface area contributed by atoms with Crippen LogP contribution < -0.4 is 21.1 Å². The van der Waals surface area contributed by atoms with Crippen LogP contribution >= 0.6 is 11.6 Å². The van der Waals surface area contributed by atoms with Gasteiger partial charge in [-0.2, -0.15) is 0 Å². The summed E-state index contributed by atoms with van der Waals surface area (Å²) in [6.07, 6.45) is 1.82. The van der Waals surface area contributed by atoms with Gasteiger partial charge in [0.1, 0.15) is 17.4 Å². The monoisotopic (exact) mass is 534 g/mol. The zero-order valence-corrected chi connectivity index (χ0v) is 20.8. The normalized spacial score (nSPS) is 11.1. The quantitative estimate of drug-likeness (QED) is 0.335. The van der Waals surface area contributed by atoms with Crippen LogP contribution in [0.3, 0.4) is 0 Å². The number of aromatic nitrogens is 1. The summed E-state index contributed by atoms with van der Waals surface area (Å²) in [6, 6.07) is 10.1. The predicted molar refractivity (Wildman–Crippen MR) is 135 cm³/mol. The minimum absolute atomic E-state index is 0.00272. The second-order valence-electron chi connectivity index (χ2n) is 7.51. The second-order valence-corrected chi connectivity index (χ2v) is 10.2. The molecular weight excluding hydrogens is 511 g/mol. The van der Waals surface area contributed by atoms with E-state index in [0.29, 0.717) is 18.0 Å². The standard InChI is InChI=1S/C24H24ClFN4O5S/c1-2-36(33,34)17-6-8-19(21(13-17)35-11-3-10-27)24(32)29-20-12-16(26)5-7-18(20)23(31)30-22-9-4-15(25)14-28-22/h4-9,12-14H,2-3,10-11,27H2,1H3,(H,29,32)(H,28,30,31). The number of hydrogen-bond donors (Lipinski definition) is 3. The van der Waals surface area contributed by atoms with E-state index in [1.807, 2.05) is 0 Å². The maximum atomic E-state index is 14.0. The number of ether oxygens (including phenoxy) is 1. The Morgan fingerprint density at radius 2 is 1.78 bits per heavy atom. The molecule has 0 aliphatic rings. The van der Waals surface area contributed by atoms with Gasteiger partial charge in [-0.15, -0.1) is 0 Å². The lowest BCUT2D eigenvalue weighted by Crippen LogP contribution is -2.20. The first-order valence-electron chi connectivity index (χ1n) is 10.9. The van der Waals surface area contributed by atoms with Crippen molar-refractivity contribution in [1.82, 2.24) is 4.98 Å². The molecule has 0 bridgehead atoms. The van der Waals surface area contributed by atoms with Crippen LogP contribution in [-0.4, -0.2) is 44.1 Å². The first-order valence-corrected chi connectivity index (χ1v) is 12.9. The van der Waals surface area contributed by atoms with E-state index in [4.69, 9.17) is 22.1 Å². The number of sulfone groups is 1. The predicted octanol–water partition coefficient (Wildman–Crippen LogP) is 3.90. The highest BCUT2D eigenvalue weighted by Gasteiger charge is 2.21. The lowest BCUT2D eigenvalue weighted by atomic mass is 10.1. The van der Waals surface area contributed by atoms with Crippen molar-refractivity contribution in [3.05, 3.63) is 76.7 Å². The smallest absolute Gasteiger partial charge is 0.259 e. The molecule has 0 saturated heterocycles. The Bertz CT molecular complexity index is 1370. The van der Waals surface area contributed by atoms with Gasteiger partial charge in [0, 0.05) is 6.20 Å². The molecule has 1 aromatic heterocycles. The summed E-state index contributed by atoms with van der Waals surface area (Å²) in [7, 11) is -3.56. The number of benzene rings is 2. The van der Waals surface area contributed by atoms with Crippen molar-refractivity contribution >= 4 is 44.8 Å². The molecule has 190 valence electrons. The zero-order chi connectivity index (χ0) is 26.3. The molecule has 3 aromatic rings. The molecule has 12 heteroatoms. The minimum atomic E-state index is -3.56. The van der Waals surface area contributed by atoms with E-state index < -0.39 is 27.5 Å². The molecule has 0 radical (unpaired) electrons. The van der Waals surface area contributed by atoms with Crippen LogP contribution in [0.15, 0.2) is 59.6 Å². The minimum Gasteiger partial charge on any atom is -0.493 e. The molecule has 2 aromatic carbocycles. The molecule has 0 atom stereocenters. The number of nitrogens with zero attached hydrogens (tertiary/aromatic N) is 1. The molecular formula is C24H24ClFN4O5S. The van der Waals surface area contributed by atoms with Gasteiger partial charge in [-0.1, -0.05) is 18.5 Å². The van der Waals surface area contributed by atoms with E-state index in [0.717, 1.165) is 12.1 Å². The van der Waals surface area contributed by atoms with Gasteiger partial charge in [-0.3, -0.25) is 9.59 Å². The highest BCUT2D eigenvalue weighted by molar-refractivity contribution is 7.91. The number of nitrogens with one attached hydrogen (secondary N) is 2. The average Bonchev–Trinajstić information content (AvgIpc) is 2.85. The van der Waals surface area contributed by atoms with Crippen LogP contribution in [0, 0.1) is 5.82 Å². The summed E-state index contributed by atoms with van der Waals surface area (Å²) in [5, 5.41) is 5.44. The molecule has 0 unspecified atom stereocenters. The van der Waals surface area contributed by atoms with Crippen molar-refractivity contribution in [2.24, 2.45) is 5.73 Å². The summed E-state index contributed by atoms with van der Waals surface area (Å²) in [5.74, 6) is -1.98.